The van der Waals surface area contributed by atoms with E-state index in [1.807, 2.05) is 45.0 Å². The lowest BCUT2D eigenvalue weighted by Crippen LogP contribution is -2.35. The molecule has 160 valence electrons. The molecule has 0 spiro atoms. The summed E-state index contributed by atoms with van der Waals surface area (Å²) < 4.78 is 14.8. The van der Waals surface area contributed by atoms with Gasteiger partial charge in [-0.25, -0.2) is 4.39 Å². The minimum atomic E-state index is -1.74. The number of rotatable bonds is 4. The van der Waals surface area contributed by atoms with E-state index in [1.54, 1.807) is 35.3 Å². The fourth-order valence-corrected chi connectivity index (χ4v) is 4.55. The molecular weight excluding hydrogens is 415 g/mol. The molecule has 1 aliphatic rings. The molecule has 4 rings (SSSR count). The Balaban J connectivity index is 2.00. The zero-order chi connectivity index (χ0) is 22.3. The molecule has 0 aliphatic carbocycles. The van der Waals surface area contributed by atoms with Crippen molar-refractivity contribution in [2.24, 2.45) is 11.0 Å². The van der Waals surface area contributed by atoms with Crippen molar-refractivity contribution in [2.45, 2.75) is 33.1 Å². The number of nitrogens with zero attached hydrogens (tertiary/aromatic N) is 2. The van der Waals surface area contributed by atoms with E-state index in [4.69, 9.17) is 16.7 Å². The van der Waals surface area contributed by atoms with Crippen molar-refractivity contribution in [3.63, 3.8) is 0 Å². The third kappa shape index (κ3) is 3.85. The zero-order valence-corrected chi connectivity index (χ0v) is 18.3. The van der Waals surface area contributed by atoms with Gasteiger partial charge in [0.2, 0.25) is 0 Å². The van der Waals surface area contributed by atoms with Crippen molar-refractivity contribution in [3.8, 4) is 0 Å². The maximum absolute atomic E-state index is 14.8. The summed E-state index contributed by atoms with van der Waals surface area (Å²) in [5.74, 6) is -1.33. The van der Waals surface area contributed by atoms with Crippen molar-refractivity contribution in [1.82, 2.24) is 0 Å². The molecule has 6 heteroatoms. The molecule has 0 bridgehead atoms. The highest BCUT2D eigenvalue weighted by atomic mass is 35.5. The Morgan fingerprint density at radius 2 is 1.61 bits per heavy atom. The molecule has 0 saturated heterocycles. The molecule has 0 amide bonds. The average molecular weight is 439 g/mol. The first kappa shape index (κ1) is 21.5. The number of aliphatic hydroxyl groups is 2. The third-order valence-electron chi connectivity index (χ3n) is 5.86. The van der Waals surface area contributed by atoms with Gasteiger partial charge in [-0.1, -0.05) is 54.1 Å². The van der Waals surface area contributed by atoms with Crippen molar-refractivity contribution in [2.75, 3.05) is 5.01 Å². The van der Waals surface area contributed by atoms with E-state index in [-0.39, 0.29) is 5.56 Å². The van der Waals surface area contributed by atoms with Gasteiger partial charge in [-0.2, -0.15) is 5.10 Å². The number of halogens is 2. The molecule has 2 atom stereocenters. The van der Waals surface area contributed by atoms with Crippen LogP contribution in [0.25, 0.3) is 0 Å². The van der Waals surface area contributed by atoms with Crippen molar-refractivity contribution in [3.05, 3.63) is 99.3 Å². The topological polar surface area (TPSA) is 56.1 Å². The molecule has 3 aromatic carbocycles. The Morgan fingerprint density at radius 3 is 2.26 bits per heavy atom. The maximum Gasteiger partial charge on any atom is 0.162 e. The van der Waals surface area contributed by atoms with Gasteiger partial charge in [-0.05, 0) is 61.2 Å². The van der Waals surface area contributed by atoms with E-state index < -0.39 is 24.1 Å². The molecule has 2 unspecified atom stereocenters. The van der Waals surface area contributed by atoms with Crippen molar-refractivity contribution >= 4 is 23.0 Å². The molecular formula is C25H24ClFN2O2. The first-order valence-corrected chi connectivity index (χ1v) is 10.5. The van der Waals surface area contributed by atoms with E-state index >= 15 is 0 Å². The molecule has 0 saturated carbocycles. The number of aryl methyl sites for hydroxylation is 3. The zero-order valence-electron chi connectivity index (χ0n) is 17.6. The summed E-state index contributed by atoms with van der Waals surface area (Å²) in [4.78, 5) is 0. The Hall–Kier alpha value is -2.73. The second kappa shape index (κ2) is 8.42. The number of hydrogen-bond acceptors (Lipinski definition) is 4. The number of aliphatic hydroxyl groups excluding tert-OH is 1. The smallest absolute Gasteiger partial charge is 0.162 e. The van der Waals surface area contributed by atoms with Crippen LogP contribution in [-0.4, -0.2) is 22.2 Å². The van der Waals surface area contributed by atoms with E-state index in [0.29, 0.717) is 10.7 Å². The van der Waals surface area contributed by atoms with Gasteiger partial charge in [0.25, 0.3) is 0 Å². The first-order valence-electron chi connectivity index (χ1n) is 10.1. The van der Waals surface area contributed by atoms with Crippen LogP contribution in [0.4, 0.5) is 10.1 Å². The van der Waals surface area contributed by atoms with Gasteiger partial charge in [-0.3, -0.25) is 5.01 Å². The Bertz CT molecular complexity index is 1140. The lowest BCUT2D eigenvalue weighted by molar-refractivity contribution is -0.0685. The minimum Gasteiger partial charge on any atom is -0.367 e. The molecule has 0 radical (unpaired) electrons. The highest BCUT2D eigenvalue weighted by Gasteiger charge is 2.45. The lowest BCUT2D eigenvalue weighted by atomic mass is 9.82. The summed E-state index contributed by atoms with van der Waals surface area (Å²) >= 11 is 6.30. The summed E-state index contributed by atoms with van der Waals surface area (Å²) in [5.41, 5.74) is 5.10. The van der Waals surface area contributed by atoms with Gasteiger partial charge in [0.1, 0.15) is 5.82 Å². The Labute approximate surface area is 186 Å². The summed E-state index contributed by atoms with van der Waals surface area (Å²) in [6, 6.07) is 17.1. The molecule has 0 aromatic heterocycles. The third-order valence-corrected chi connectivity index (χ3v) is 6.10. The quantitative estimate of drug-likeness (QED) is 0.544. The second-order valence-electron chi connectivity index (χ2n) is 7.93. The van der Waals surface area contributed by atoms with Gasteiger partial charge in [0.05, 0.1) is 23.4 Å². The fraction of sp³-hybridized carbons (Fsp3) is 0.240. The largest absolute Gasteiger partial charge is 0.367 e. The molecule has 0 fully saturated rings. The van der Waals surface area contributed by atoms with Crippen LogP contribution in [0, 0.1) is 32.5 Å². The van der Waals surface area contributed by atoms with Gasteiger partial charge in [-0.15, -0.1) is 0 Å². The maximum atomic E-state index is 14.8. The molecule has 31 heavy (non-hydrogen) atoms. The highest BCUT2D eigenvalue weighted by molar-refractivity contribution is 6.30. The van der Waals surface area contributed by atoms with Crippen molar-refractivity contribution < 1.29 is 14.6 Å². The Kier molecular flexibility index (Phi) is 5.84. The first-order chi connectivity index (χ1) is 14.8. The average Bonchev–Trinajstić information content (AvgIpc) is 3.10. The second-order valence-corrected chi connectivity index (χ2v) is 8.37. The highest BCUT2D eigenvalue weighted by Crippen LogP contribution is 2.45. The molecule has 1 heterocycles. The van der Waals surface area contributed by atoms with Crippen LogP contribution < -0.4 is 5.01 Å². The Morgan fingerprint density at radius 1 is 0.935 bits per heavy atom. The minimum absolute atomic E-state index is 0.249. The standard InChI is InChI=1S/C25H24ClFN2O2/c1-14-11-12-17(26)13-20(14)29-24(21-15(2)7-6-8-16(21)3)22(25(30)31)23(28-29)18-9-4-5-10-19(18)27/h4-13,22,24-25,30-31H,1-3H3. The van der Waals surface area contributed by atoms with Gasteiger partial charge in [0.15, 0.2) is 6.29 Å². The predicted molar refractivity (Wildman–Crippen MR) is 122 cm³/mol. The van der Waals surface area contributed by atoms with Crippen LogP contribution >= 0.6 is 11.6 Å². The van der Waals surface area contributed by atoms with Crippen LogP contribution in [0.3, 0.4) is 0 Å². The molecule has 1 aliphatic heterocycles. The predicted octanol–water partition coefficient (Wildman–Crippen LogP) is 5.30. The van der Waals surface area contributed by atoms with Crippen molar-refractivity contribution in [1.29, 1.82) is 0 Å². The van der Waals surface area contributed by atoms with Crippen LogP contribution in [0.2, 0.25) is 5.02 Å². The normalized spacial score (nSPS) is 18.6. The summed E-state index contributed by atoms with van der Waals surface area (Å²) in [6.45, 7) is 5.90. The number of anilines is 1. The summed E-state index contributed by atoms with van der Waals surface area (Å²) in [6.07, 6.45) is -1.74. The summed E-state index contributed by atoms with van der Waals surface area (Å²) in [7, 11) is 0. The number of hydrogen-bond donors (Lipinski definition) is 2. The monoisotopic (exact) mass is 438 g/mol. The SMILES string of the molecule is Cc1ccc(Cl)cc1N1N=C(c2ccccc2F)C(C(O)O)C1c1c(C)cccc1C. The van der Waals surface area contributed by atoms with Gasteiger partial charge in [0, 0.05) is 10.6 Å². The van der Waals surface area contributed by atoms with E-state index in [2.05, 4.69) is 0 Å². The van der Waals surface area contributed by atoms with Crippen LogP contribution in [0.15, 0.2) is 65.8 Å². The number of hydrazone groups is 1. The van der Waals surface area contributed by atoms with E-state index in [0.717, 1.165) is 27.9 Å². The lowest BCUT2D eigenvalue weighted by Gasteiger charge is -2.32. The summed E-state index contributed by atoms with van der Waals surface area (Å²) in [5, 5.41) is 28.0. The fourth-order valence-electron chi connectivity index (χ4n) is 4.38. The van der Waals surface area contributed by atoms with Crippen LogP contribution in [0.5, 0.6) is 0 Å². The molecule has 4 nitrogen and oxygen atoms in total. The van der Waals surface area contributed by atoms with Gasteiger partial charge < -0.3 is 10.2 Å². The van der Waals surface area contributed by atoms with E-state index in [1.165, 1.54) is 6.07 Å². The van der Waals surface area contributed by atoms with Crippen LogP contribution in [-0.2, 0) is 0 Å². The van der Waals surface area contributed by atoms with Crippen LogP contribution in [0.1, 0.15) is 33.9 Å². The van der Waals surface area contributed by atoms with E-state index in [9.17, 15) is 14.6 Å². The molecule has 2 N–H and O–H groups in total. The molecule has 3 aromatic rings. The van der Waals surface area contributed by atoms with Gasteiger partial charge >= 0.3 is 0 Å². The number of benzene rings is 3.